The van der Waals surface area contributed by atoms with E-state index in [0.29, 0.717) is 13.0 Å². The van der Waals surface area contributed by atoms with E-state index in [2.05, 4.69) is 0 Å². The maximum atomic E-state index is 12.3. The first-order chi connectivity index (χ1) is 9.97. The maximum Gasteiger partial charge on any atom is 0.329 e. The van der Waals surface area contributed by atoms with Gasteiger partial charge in [-0.2, -0.15) is 0 Å². The molecule has 1 fully saturated rings. The van der Waals surface area contributed by atoms with Crippen LogP contribution in [-0.2, 0) is 9.59 Å². The summed E-state index contributed by atoms with van der Waals surface area (Å²) in [7, 11) is 1.60. The largest absolute Gasteiger partial charge is 0.497 e. The van der Waals surface area contributed by atoms with Gasteiger partial charge in [0.05, 0.1) is 12.9 Å². The monoisotopic (exact) mass is 309 g/mol. The van der Waals surface area contributed by atoms with E-state index < -0.39 is 11.5 Å². The molecule has 0 bridgehead atoms. The summed E-state index contributed by atoms with van der Waals surface area (Å²) in [6, 6.07) is 7.45. The molecule has 1 saturated heterocycles. The quantitative estimate of drug-likeness (QED) is 0.845. The van der Waals surface area contributed by atoms with Gasteiger partial charge >= 0.3 is 5.97 Å². The number of thioether (sulfide) groups is 1. The van der Waals surface area contributed by atoms with Crippen molar-refractivity contribution < 1.29 is 19.4 Å². The molecule has 0 radical (unpaired) electrons. The van der Waals surface area contributed by atoms with E-state index in [9.17, 15) is 14.7 Å². The van der Waals surface area contributed by atoms with Gasteiger partial charge in [-0.15, -0.1) is 11.8 Å². The molecule has 1 amide bonds. The SMILES string of the molecule is COc1ccc(SCC(=O)N2CCCC2(C)C(=O)O)cc1. The lowest BCUT2D eigenvalue weighted by Crippen LogP contribution is -2.51. The van der Waals surface area contributed by atoms with Gasteiger partial charge in [0.25, 0.3) is 0 Å². The van der Waals surface area contributed by atoms with Gasteiger partial charge < -0.3 is 14.7 Å². The lowest BCUT2D eigenvalue weighted by Gasteiger charge is -2.31. The Morgan fingerprint density at radius 1 is 1.38 bits per heavy atom. The topological polar surface area (TPSA) is 66.8 Å². The number of carboxylic acid groups (broad SMARTS) is 1. The number of ether oxygens (including phenoxy) is 1. The lowest BCUT2D eigenvalue weighted by atomic mass is 9.99. The first-order valence-corrected chi connectivity index (χ1v) is 7.76. The molecule has 1 atom stereocenters. The van der Waals surface area contributed by atoms with E-state index in [0.717, 1.165) is 17.1 Å². The average Bonchev–Trinajstić information content (AvgIpc) is 2.89. The van der Waals surface area contributed by atoms with Crippen LogP contribution in [-0.4, -0.2) is 46.8 Å². The third kappa shape index (κ3) is 3.32. The van der Waals surface area contributed by atoms with E-state index in [4.69, 9.17) is 4.74 Å². The van der Waals surface area contributed by atoms with Crippen LogP contribution in [0, 0.1) is 0 Å². The van der Waals surface area contributed by atoms with Crippen molar-refractivity contribution in [3.8, 4) is 5.75 Å². The Morgan fingerprint density at radius 2 is 2.05 bits per heavy atom. The second-order valence-electron chi connectivity index (χ2n) is 5.19. The van der Waals surface area contributed by atoms with Gasteiger partial charge in [0, 0.05) is 11.4 Å². The molecule has 0 spiro atoms. The van der Waals surface area contributed by atoms with Crippen LogP contribution in [0.25, 0.3) is 0 Å². The van der Waals surface area contributed by atoms with Gasteiger partial charge in [0.15, 0.2) is 0 Å². The molecule has 114 valence electrons. The Kier molecular flexibility index (Phi) is 4.77. The second kappa shape index (κ2) is 6.39. The highest BCUT2D eigenvalue weighted by atomic mass is 32.2. The number of benzene rings is 1. The molecular formula is C15H19NO4S. The molecule has 1 aromatic carbocycles. The van der Waals surface area contributed by atoms with Crippen molar-refractivity contribution in [3.05, 3.63) is 24.3 Å². The molecule has 1 aromatic rings. The third-order valence-corrected chi connectivity index (χ3v) is 4.82. The number of methoxy groups -OCH3 is 1. The number of carbonyl (C=O) groups excluding carboxylic acids is 1. The minimum atomic E-state index is -1.06. The van der Waals surface area contributed by atoms with E-state index >= 15 is 0 Å². The molecular weight excluding hydrogens is 290 g/mol. The van der Waals surface area contributed by atoms with E-state index in [1.165, 1.54) is 16.7 Å². The van der Waals surface area contributed by atoms with Crippen molar-refractivity contribution in [2.75, 3.05) is 19.4 Å². The number of likely N-dealkylation sites (tertiary alicyclic amines) is 1. The van der Waals surface area contributed by atoms with Crippen LogP contribution in [0.5, 0.6) is 5.75 Å². The van der Waals surface area contributed by atoms with Crippen LogP contribution in [0.2, 0.25) is 0 Å². The number of carbonyl (C=O) groups is 2. The smallest absolute Gasteiger partial charge is 0.329 e. The average molecular weight is 309 g/mol. The first kappa shape index (κ1) is 15.7. The Labute approximate surface area is 128 Å². The standard InChI is InChI=1S/C15H19NO4S/c1-15(14(18)19)8-3-9-16(15)13(17)10-21-12-6-4-11(20-2)5-7-12/h4-7H,3,8-10H2,1-2H3,(H,18,19). The zero-order valence-corrected chi connectivity index (χ0v) is 13.0. The summed E-state index contributed by atoms with van der Waals surface area (Å²) in [5.74, 6) is -0.0421. The van der Waals surface area contributed by atoms with Crippen LogP contribution < -0.4 is 4.74 Å². The van der Waals surface area contributed by atoms with Crippen LogP contribution in [0.1, 0.15) is 19.8 Å². The summed E-state index contributed by atoms with van der Waals surface area (Å²) >= 11 is 1.41. The zero-order chi connectivity index (χ0) is 15.5. The van der Waals surface area contributed by atoms with Crippen LogP contribution >= 0.6 is 11.8 Å². The van der Waals surface area contributed by atoms with Crippen molar-refractivity contribution in [3.63, 3.8) is 0 Å². The number of aliphatic carboxylic acids is 1. The summed E-state index contributed by atoms with van der Waals surface area (Å²) in [5.41, 5.74) is -1.06. The molecule has 1 heterocycles. The summed E-state index contributed by atoms with van der Waals surface area (Å²) < 4.78 is 5.08. The highest BCUT2D eigenvalue weighted by molar-refractivity contribution is 8.00. The molecule has 0 aromatic heterocycles. The van der Waals surface area contributed by atoms with E-state index in [1.54, 1.807) is 14.0 Å². The number of amides is 1. The van der Waals surface area contributed by atoms with Crippen molar-refractivity contribution in [1.82, 2.24) is 4.90 Å². The van der Waals surface area contributed by atoms with Gasteiger partial charge in [0.1, 0.15) is 11.3 Å². The number of hydrogen-bond acceptors (Lipinski definition) is 4. The normalized spacial score (nSPS) is 21.3. The third-order valence-electron chi connectivity index (χ3n) is 3.82. The second-order valence-corrected chi connectivity index (χ2v) is 6.24. The molecule has 1 aliphatic heterocycles. The Bertz CT molecular complexity index is 531. The summed E-state index contributed by atoms with van der Waals surface area (Å²) in [4.78, 5) is 26.1. The Hall–Kier alpha value is -1.69. The number of hydrogen-bond donors (Lipinski definition) is 1. The van der Waals surface area contributed by atoms with E-state index in [1.807, 2.05) is 24.3 Å². The fourth-order valence-electron chi connectivity index (χ4n) is 2.48. The van der Waals surface area contributed by atoms with Crippen LogP contribution in [0.15, 0.2) is 29.2 Å². The van der Waals surface area contributed by atoms with Crippen molar-refractivity contribution >= 4 is 23.6 Å². The molecule has 21 heavy (non-hydrogen) atoms. The molecule has 0 saturated carbocycles. The predicted octanol–water partition coefficient (Wildman–Crippen LogP) is 2.25. The van der Waals surface area contributed by atoms with Crippen molar-refractivity contribution in [1.29, 1.82) is 0 Å². The highest BCUT2D eigenvalue weighted by Gasteiger charge is 2.45. The lowest BCUT2D eigenvalue weighted by molar-refractivity contribution is -0.154. The minimum Gasteiger partial charge on any atom is -0.497 e. The Balaban J connectivity index is 1.96. The van der Waals surface area contributed by atoms with Crippen molar-refractivity contribution in [2.45, 2.75) is 30.2 Å². The zero-order valence-electron chi connectivity index (χ0n) is 12.2. The molecule has 2 rings (SSSR count). The fraction of sp³-hybridized carbons (Fsp3) is 0.467. The fourth-order valence-corrected chi connectivity index (χ4v) is 3.25. The highest BCUT2D eigenvalue weighted by Crippen LogP contribution is 2.31. The maximum absolute atomic E-state index is 12.3. The predicted molar refractivity (Wildman–Crippen MR) is 80.7 cm³/mol. The molecule has 1 aliphatic rings. The molecule has 5 nitrogen and oxygen atoms in total. The van der Waals surface area contributed by atoms with E-state index in [-0.39, 0.29) is 11.7 Å². The van der Waals surface area contributed by atoms with Crippen molar-refractivity contribution in [2.24, 2.45) is 0 Å². The van der Waals surface area contributed by atoms with Gasteiger partial charge in [0.2, 0.25) is 5.91 Å². The van der Waals surface area contributed by atoms with Gasteiger partial charge in [-0.1, -0.05) is 0 Å². The number of nitrogens with zero attached hydrogens (tertiary/aromatic N) is 1. The molecule has 1 unspecified atom stereocenters. The molecule has 6 heteroatoms. The summed E-state index contributed by atoms with van der Waals surface area (Å²) in [6.45, 7) is 2.14. The number of rotatable bonds is 5. The van der Waals surface area contributed by atoms with Crippen LogP contribution in [0.3, 0.4) is 0 Å². The van der Waals surface area contributed by atoms with Gasteiger partial charge in [-0.25, -0.2) is 4.79 Å². The summed E-state index contributed by atoms with van der Waals surface area (Å²) in [6.07, 6.45) is 1.25. The number of carboxylic acids is 1. The minimum absolute atomic E-state index is 0.127. The van der Waals surface area contributed by atoms with Crippen LogP contribution in [0.4, 0.5) is 0 Å². The van der Waals surface area contributed by atoms with Gasteiger partial charge in [-0.3, -0.25) is 4.79 Å². The first-order valence-electron chi connectivity index (χ1n) is 6.78. The Morgan fingerprint density at radius 3 is 2.62 bits per heavy atom. The molecule has 1 N–H and O–H groups in total. The summed E-state index contributed by atoms with van der Waals surface area (Å²) in [5, 5.41) is 9.32. The molecule has 0 aliphatic carbocycles. The van der Waals surface area contributed by atoms with Gasteiger partial charge in [-0.05, 0) is 44.0 Å².